The number of hydrogen-bond acceptors (Lipinski definition) is 7. The highest BCUT2D eigenvalue weighted by Crippen LogP contribution is 2.34. The molecule has 0 saturated heterocycles. The van der Waals surface area contributed by atoms with Gasteiger partial charge in [-0.3, -0.25) is 9.63 Å². The monoisotopic (exact) mass is 475 g/mol. The van der Waals surface area contributed by atoms with Crippen LogP contribution in [-0.4, -0.2) is 51.4 Å². The molecule has 0 aliphatic heterocycles. The molecular formula is C26H33N7O2. The molecule has 1 aromatic carbocycles. The van der Waals surface area contributed by atoms with Gasteiger partial charge < -0.3 is 9.88 Å². The van der Waals surface area contributed by atoms with Gasteiger partial charge in [-0.2, -0.15) is 5.26 Å². The molecule has 184 valence electrons. The van der Waals surface area contributed by atoms with Crippen LogP contribution in [0, 0.1) is 17.2 Å². The van der Waals surface area contributed by atoms with Gasteiger partial charge in [-0.15, -0.1) is 10.2 Å². The van der Waals surface area contributed by atoms with E-state index in [1.165, 1.54) is 33.4 Å². The number of aryl methyl sites for hydroxylation is 1. The van der Waals surface area contributed by atoms with E-state index in [2.05, 4.69) is 40.4 Å². The van der Waals surface area contributed by atoms with Crippen LogP contribution in [0.5, 0.6) is 0 Å². The summed E-state index contributed by atoms with van der Waals surface area (Å²) in [6, 6.07) is 11.2. The van der Waals surface area contributed by atoms with Gasteiger partial charge in [0.2, 0.25) is 0 Å². The van der Waals surface area contributed by atoms with Crippen molar-refractivity contribution in [1.82, 2.24) is 24.8 Å². The SMILES string of the molecule is CCC.CON(C)C(=O)c1cc(-c2cc(C#N)ccc2-c2nncn2C)cc(NCCC2CC2)n1. The lowest BCUT2D eigenvalue weighted by molar-refractivity contribution is -0.0760. The van der Waals surface area contributed by atoms with Crippen molar-refractivity contribution in [2.75, 3.05) is 26.0 Å². The van der Waals surface area contributed by atoms with Crippen LogP contribution in [0.25, 0.3) is 22.5 Å². The average Bonchev–Trinajstić information content (AvgIpc) is 3.60. The second kappa shape index (κ2) is 12.1. The Balaban J connectivity index is 0.00000108. The lowest BCUT2D eigenvalue weighted by Gasteiger charge is -2.16. The Kier molecular flexibility index (Phi) is 8.92. The first-order valence-electron chi connectivity index (χ1n) is 11.9. The van der Waals surface area contributed by atoms with E-state index in [9.17, 15) is 10.1 Å². The van der Waals surface area contributed by atoms with Gasteiger partial charge in [-0.05, 0) is 53.8 Å². The summed E-state index contributed by atoms with van der Waals surface area (Å²) in [6.45, 7) is 5.03. The predicted molar refractivity (Wildman–Crippen MR) is 135 cm³/mol. The zero-order valence-corrected chi connectivity index (χ0v) is 21.1. The van der Waals surface area contributed by atoms with Crippen LogP contribution in [0.1, 0.15) is 55.6 Å². The molecule has 9 heteroatoms. The molecule has 0 spiro atoms. The van der Waals surface area contributed by atoms with Crippen molar-refractivity contribution in [2.24, 2.45) is 13.0 Å². The summed E-state index contributed by atoms with van der Waals surface area (Å²) in [4.78, 5) is 22.4. The van der Waals surface area contributed by atoms with Gasteiger partial charge in [0.1, 0.15) is 17.8 Å². The van der Waals surface area contributed by atoms with Crippen LogP contribution in [0.3, 0.4) is 0 Å². The fourth-order valence-corrected chi connectivity index (χ4v) is 3.52. The maximum Gasteiger partial charge on any atom is 0.295 e. The summed E-state index contributed by atoms with van der Waals surface area (Å²) >= 11 is 0. The van der Waals surface area contributed by atoms with E-state index in [4.69, 9.17) is 4.84 Å². The first-order chi connectivity index (χ1) is 16.9. The van der Waals surface area contributed by atoms with Gasteiger partial charge in [0.05, 0.1) is 18.7 Å². The number of aromatic nitrogens is 4. The lowest BCUT2D eigenvalue weighted by Crippen LogP contribution is -2.26. The Bertz CT molecular complexity index is 1190. The standard InChI is InChI=1S/C23H25N7O2.C3H8/c1-29-14-26-28-22(29)18-7-6-16(13-24)10-19(18)17-11-20(23(31)30(2)32-3)27-21(12-17)25-9-8-15-4-5-15;1-3-2/h6-7,10-12,14-15H,4-5,8-9H2,1-3H3,(H,25,27);3H2,1-2H3. The number of hydrogen-bond donors (Lipinski definition) is 1. The maximum atomic E-state index is 12.8. The zero-order valence-electron chi connectivity index (χ0n) is 21.1. The molecule has 0 unspecified atom stereocenters. The van der Waals surface area contributed by atoms with Crippen LogP contribution in [0.4, 0.5) is 5.82 Å². The number of rotatable bonds is 8. The molecule has 3 aromatic rings. The van der Waals surface area contributed by atoms with Crippen LogP contribution in [-0.2, 0) is 11.9 Å². The summed E-state index contributed by atoms with van der Waals surface area (Å²) in [5, 5.41) is 22.2. The molecule has 2 aromatic heterocycles. The van der Waals surface area contributed by atoms with Gasteiger partial charge in [0.25, 0.3) is 5.91 Å². The molecule has 0 bridgehead atoms. The van der Waals surface area contributed by atoms with E-state index < -0.39 is 0 Å². The van der Waals surface area contributed by atoms with Crippen LogP contribution in [0.15, 0.2) is 36.7 Å². The van der Waals surface area contributed by atoms with Crippen molar-refractivity contribution in [3.63, 3.8) is 0 Å². The van der Waals surface area contributed by atoms with Crippen molar-refractivity contribution in [3.8, 4) is 28.6 Å². The summed E-state index contributed by atoms with van der Waals surface area (Å²) in [6.07, 6.45) is 6.50. The third-order valence-electron chi connectivity index (χ3n) is 5.57. The average molecular weight is 476 g/mol. The topological polar surface area (TPSA) is 109 Å². The fourth-order valence-electron chi connectivity index (χ4n) is 3.52. The molecule has 2 heterocycles. The number of pyridine rings is 1. The highest BCUT2D eigenvalue weighted by atomic mass is 16.7. The quantitative estimate of drug-likeness (QED) is 0.471. The molecule has 35 heavy (non-hydrogen) atoms. The molecule has 1 aliphatic carbocycles. The van der Waals surface area contributed by atoms with Crippen molar-refractivity contribution in [1.29, 1.82) is 5.26 Å². The number of hydroxylamine groups is 2. The largest absolute Gasteiger partial charge is 0.370 e. The van der Waals surface area contributed by atoms with Crippen LogP contribution < -0.4 is 5.32 Å². The van der Waals surface area contributed by atoms with Gasteiger partial charge in [0, 0.05) is 26.2 Å². The van der Waals surface area contributed by atoms with Crippen molar-refractivity contribution in [2.45, 2.75) is 39.5 Å². The Hall–Kier alpha value is -3.77. The summed E-state index contributed by atoms with van der Waals surface area (Å²) in [5.41, 5.74) is 3.07. The third-order valence-corrected chi connectivity index (χ3v) is 5.57. The second-order valence-corrected chi connectivity index (χ2v) is 8.62. The van der Waals surface area contributed by atoms with Gasteiger partial charge in [0.15, 0.2) is 5.82 Å². The van der Waals surface area contributed by atoms with E-state index in [0.717, 1.165) is 40.6 Å². The Morgan fingerprint density at radius 1 is 1.26 bits per heavy atom. The molecule has 1 saturated carbocycles. The number of nitriles is 1. The number of anilines is 1. The van der Waals surface area contributed by atoms with E-state index in [1.54, 1.807) is 24.5 Å². The minimum absolute atomic E-state index is 0.243. The van der Waals surface area contributed by atoms with Gasteiger partial charge in [-0.1, -0.05) is 33.1 Å². The Labute approximate surface area is 206 Å². The summed E-state index contributed by atoms with van der Waals surface area (Å²) in [5.74, 6) is 1.67. The van der Waals surface area contributed by atoms with Gasteiger partial charge >= 0.3 is 0 Å². The Morgan fingerprint density at radius 2 is 2.00 bits per heavy atom. The van der Waals surface area contributed by atoms with Crippen LogP contribution in [0.2, 0.25) is 0 Å². The molecular weight excluding hydrogens is 442 g/mol. The number of nitrogens with zero attached hydrogens (tertiary/aromatic N) is 6. The van der Waals surface area contributed by atoms with E-state index in [-0.39, 0.29) is 11.6 Å². The molecule has 0 atom stereocenters. The first kappa shape index (κ1) is 25.8. The minimum atomic E-state index is -0.365. The third kappa shape index (κ3) is 6.64. The lowest BCUT2D eigenvalue weighted by atomic mass is 9.96. The normalized spacial score (nSPS) is 12.3. The molecule has 1 fully saturated rings. The number of nitrogens with one attached hydrogen (secondary N) is 1. The predicted octanol–water partition coefficient (Wildman–Crippen LogP) is 4.68. The smallest absolute Gasteiger partial charge is 0.295 e. The maximum absolute atomic E-state index is 12.8. The molecule has 1 aliphatic rings. The molecule has 9 nitrogen and oxygen atoms in total. The van der Waals surface area contributed by atoms with E-state index in [0.29, 0.717) is 17.2 Å². The highest BCUT2D eigenvalue weighted by Gasteiger charge is 2.21. The second-order valence-electron chi connectivity index (χ2n) is 8.62. The summed E-state index contributed by atoms with van der Waals surface area (Å²) < 4.78 is 1.81. The van der Waals surface area contributed by atoms with E-state index in [1.807, 2.05) is 23.7 Å². The number of benzene rings is 1. The fraction of sp³-hybridized carbons (Fsp3) is 0.423. The first-order valence-corrected chi connectivity index (χ1v) is 11.9. The summed E-state index contributed by atoms with van der Waals surface area (Å²) in [7, 11) is 4.83. The molecule has 4 rings (SSSR count). The van der Waals surface area contributed by atoms with Crippen molar-refractivity contribution in [3.05, 3.63) is 47.9 Å². The number of carbonyl (C=O) groups is 1. The highest BCUT2D eigenvalue weighted by molar-refractivity contribution is 5.94. The molecule has 0 radical (unpaired) electrons. The zero-order chi connectivity index (χ0) is 25.4. The van der Waals surface area contributed by atoms with E-state index >= 15 is 0 Å². The van der Waals surface area contributed by atoms with Crippen LogP contribution >= 0.6 is 0 Å². The molecule has 1 amide bonds. The van der Waals surface area contributed by atoms with Crippen molar-refractivity contribution >= 4 is 11.7 Å². The minimum Gasteiger partial charge on any atom is -0.370 e. The Morgan fingerprint density at radius 3 is 2.60 bits per heavy atom. The number of carbonyl (C=O) groups excluding carboxylic acids is 1. The van der Waals surface area contributed by atoms with Crippen molar-refractivity contribution < 1.29 is 9.63 Å². The molecule has 1 N–H and O–H groups in total. The number of amides is 1. The van der Waals surface area contributed by atoms with Gasteiger partial charge in [-0.25, -0.2) is 10.0 Å².